The topological polar surface area (TPSA) is 28.2 Å². The number of ether oxygens (including phenoxy) is 2. The quantitative estimate of drug-likeness (QED) is 0.593. The number of piperidine rings is 3. The largest absolute Gasteiger partial charge is 0.375 e. The van der Waals surface area contributed by atoms with Crippen LogP contribution in [0.3, 0.4) is 0 Å². The monoisotopic (exact) mass is 437 g/mol. The molecular formula is C26H51N3O2. The molecule has 3 aliphatic rings. The van der Waals surface area contributed by atoms with E-state index in [9.17, 15) is 0 Å². The number of rotatable bonds is 7. The van der Waals surface area contributed by atoms with Gasteiger partial charge in [0, 0.05) is 44.8 Å². The Labute approximate surface area is 192 Å². The molecule has 0 saturated carbocycles. The highest BCUT2D eigenvalue weighted by Gasteiger charge is 2.30. The first kappa shape index (κ1) is 25.4. The van der Waals surface area contributed by atoms with Crippen LogP contribution in [0.15, 0.2) is 0 Å². The van der Waals surface area contributed by atoms with Gasteiger partial charge in [0.2, 0.25) is 0 Å². The molecule has 3 heterocycles. The molecule has 3 fully saturated rings. The van der Waals surface area contributed by atoms with E-state index in [2.05, 4.69) is 56.2 Å². The average molecular weight is 438 g/mol. The molecule has 182 valence electrons. The van der Waals surface area contributed by atoms with E-state index in [0.29, 0.717) is 17.7 Å². The molecule has 3 rings (SSSR count). The van der Waals surface area contributed by atoms with Crippen LogP contribution in [-0.4, -0.2) is 97.0 Å². The second-order valence-corrected chi connectivity index (χ2v) is 12.2. The van der Waals surface area contributed by atoms with Crippen LogP contribution in [0, 0.1) is 5.92 Å². The van der Waals surface area contributed by atoms with Gasteiger partial charge in [-0.1, -0.05) is 0 Å². The molecule has 0 radical (unpaired) electrons. The highest BCUT2D eigenvalue weighted by atomic mass is 16.5. The Kier molecular flexibility index (Phi) is 9.26. The summed E-state index contributed by atoms with van der Waals surface area (Å²) in [5.41, 5.74) is 0.303. The van der Waals surface area contributed by atoms with Gasteiger partial charge < -0.3 is 19.3 Å². The first-order chi connectivity index (χ1) is 14.6. The van der Waals surface area contributed by atoms with Crippen LogP contribution in [-0.2, 0) is 9.47 Å². The van der Waals surface area contributed by atoms with E-state index in [1.54, 1.807) is 0 Å². The Morgan fingerprint density at radius 1 is 0.677 bits per heavy atom. The summed E-state index contributed by atoms with van der Waals surface area (Å²) in [4.78, 5) is 7.92. The minimum atomic E-state index is -0.0277. The van der Waals surface area contributed by atoms with Gasteiger partial charge in [0.1, 0.15) is 0 Å². The minimum Gasteiger partial charge on any atom is -0.375 e. The predicted molar refractivity (Wildman–Crippen MR) is 130 cm³/mol. The number of nitrogens with zero attached hydrogens (tertiary/aromatic N) is 3. The molecule has 0 aliphatic carbocycles. The molecule has 0 aromatic heterocycles. The second kappa shape index (κ2) is 11.3. The third-order valence-electron chi connectivity index (χ3n) is 7.48. The molecule has 5 heteroatoms. The molecule has 3 aliphatic heterocycles. The van der Waals surface area contributed by atoms with Gasteiger partial charge in [-0.3, -0.25) is 4.90 Å². The van der Waals surface area contributed by atoms with Gasteiger partial charge in [-0.25, -0.2) is 0 Å². The Morgan fingerprint density at radius 3 is 1.68 bits per heavy atom. The smallest absolute Gasteiger partial charge is 0.0603 e. The lowest BCUT2D eigenvalue weighted by atomic mass is 9.92. The van der Waals surface area contributed by atoms with Crippen molar-refractivity contribution < 1.29 is 9.47 Å². The Bertz CT molecular complexity index is 504. The number of likely N-dealkylation sites (tertiary alicyclic amines) is 3. The molecule has 0 bridgehead atoms. The van der Waals surface area contributed by atoms with Crippen molar-refractivity contribution in [3.63, 3.8) is 0 Å². The summed E-state index contributed by atoms with van der Waals surface area (Å²) >= 11 is 0. The second-order valence-electron chi connectivity index (χ2n) is 12.2. The first-order valence-corrected chi connectivity index (χ1v) is 13.1. The number of hydrogen-bond acceptors (Lipinski definition) is 5. The van der Waals surface area contributed by atoms with E-state index >= 15 is 0 Å². The lowest BCUT2D eigenvalue weighted by molar-refractivity contribution is -0.0716. The van der Waals surface area contributed by atoms with E-state index in [0.717, 1.165) is 32.2 Å². The highest BCUT2D eigenvalue weighted by Crippen LogP contribution is 2.26. The van der Waals surface area contributed by atoms with E-state index < -0.39 is 0 Å². The molecule has 0 aromatic rings. The van der Waals surface area contributed by atoms with Gasteiger partial charge >= 0.3 is 0 Å². The van der Waals surface area contributed by atoms with Crippen LogP contribution >= 0.6 is 0 Å². The van der Waals surface area contributed by atoms with Crippen molar-refractivity contribution in [2.24, 2.45) is 5.92 Å². The summed E-state index contributed by atoms with van der Waals surface area (Å²) in [6.45, 7) is 24.0. The maximum absolute atomic E-state index is 6.54. The van der Waals surface area contributed by atoms with Crippen molar-refractivity contribution in [3.8, 4) is 0 Å². The van der Waals surface area contributed by atoms with Crippen molar-refractivity contribution in [2.45, 2.75) is 103 Å². The van der Waals surface area contributed by atoms with Crippen LogP contribution in [0.1, 0.15) is 80.1 Å². The Hall–Kier alpha value is -0.200. The van der Waals surface area contributed by atoms with Crippen LogP contribution in [0.25, 0.3) is 0 Å². The normalized spacial score (nSPS) is 25.4. The molecule has 0 N–H and O–H groups in total. The zero-order valence-corrected chi connectivity index (χ0v) is 21.5. The van der Waals surface area contributed by atoms with Gasteiger partial charge in [0.15, 0.2) is 0 Å². The average Bonchev–Trinajstić information content (AvgIpc) is 2.70. The fraction of sp³-hybridized carbons (Fsp3) is 1.00. The van der Waals surface area contributed by atoms with Gasteiger partial charge in [0.25, 0.3) is 0 Å². The molecular weight excluding hydrogens is 386 g/mol. The van der Waals surface area contributed by atoms with E-state index in [1.165, 1.54) is 71.2 Å². The van der Waals surface area contributed by atoms with E-state index in [-0.39, 0.29) is 5.60 Å². The minimum absolute atomic E-state index is 0.0277. The zero-order chi connectivity index (χ0) is 22.5. The van der Waals surface area contributed by atoms with E-state index in [1.807, 2.05) is 0 Å². The third kappa shape index (κ3) is 8.92. The number of hydrogen-bond donors (Lipinski definition) is 0. The predicted octanol–water partition coefficient (Wildman–Crippen LogP) is 4.26. The standard InChI is InChI=1S/C26H51N3O2/c1-25(2,3)29-17-7-22(8-18-29)21-28-15-11-24(12-16-28)31-23-9-13-27(14-10-23)19-20-30-26(4,5)6/h22-24H,7-21H2,1-6H3. The highest BCUT2D eigenvalue weighted by molar-refractivity contribution is 4.84. The van der Waals surface area contributed by atoms with Gasteiger partial charge in [-0.15, -0.1) is 0 Å². The molecule has 0 atom stereocenters. The molecule has 5 nitrogen and oxygen atoms in total. The Balaban J connectivity index is 1.26. The summed E-state index contributed by atoms with van der Waals surface area (Å²) < 4.78 is 12.4. The van der Waals surface area contributed by atoms with Crippen molar-refractivity contribution in [1.29, 1.82) is 0 Å². The van der Waals surface area contributed by atoms with Gasteiger partial charge in [-0.05, 0) is 99.1 Å². The zero-order valence-electron chi connectivity index (χ0n) is 21.5. The summed E-state index contributed by atoms with van der Waals surface area (Å²) in [5.74, 6) is 0.891. The molecule has 3 saturated heterocycles. The molecule has 31 heavy (non-hydrogen) atoms. The van der Waals surface area contributed by atoms with Crippen LogP contribution < -0.4 is 0 Å². The molecule has 0 amide bonds. The molecule has 0 aromatic carbocycles. The van der Waals surface area contributed by atoms with Crippen LogP contribution in [0.5, 0.6) is 0 Å². The van der Waals surface area contributed by atoms with Crippen molar-refractivity contribution >= 4 is 0 Å². The van der Waals surface area contributed by atoms with Crippen molar-refractivity contribution in [3.05, 3.63) is 0 Å². The fourth-order valence-corrected chi connectivity index (χ4v) is 5.40. The molecule has 0 unspecified atom stereocenters. The van der Waals surface area contributed by atoms with Crippen molar-refractivity contribution in [2.75, 3.05) is 59.0 Å². The van der Waals surface area contributed by atoms with Gasteiger partial charge in [-0.2, -0.15) is 0 Å². The summed E-state index contributed by atoms with van der Waals surface area (Å²) in [6.07, 6.45) is 8.50. The summed E-state index contributed by atoms with van der Waals surface area (Å²) in [5, 5.41) is 0. The SMILES string of the molecule is CC(C)(C)OCCN1CCC(OC2CCN(CC3CCN(C(C)(C)C)CC3)CC2)CC1. The summed E-state index contributed by atoms with van der Waals surface area (Å²) in [7, 11) is 0. The Morgan fingerprint density at radius 2 is 1.19 bits per heavy atom. The third-order valence-corrected chi connectivity index (χ3v) is 7.48. The lowest BCUT2D eigenvalue weighted by Gasteiger charge is -2.43. The lowest BCUT2D eigenvalue weighted by Crippen LogP contribution is -2.48. The van der Waals surface area contributed by atoms with Crippen LogP contribution in [0.4, 0.5) is 0 Å². The maximum Gasteiger partial charge on any atom is 0.0603 e. The van der Waals surface area contributed by atoms with Gasteiger partial charge in [0.05, 0.1) is 24.4 Å². The van der Waals surface area contributed by atoms with E-state index in [4.69, 9.17) is 9.47 Å². The van der Waals surface area contributed by atoms with Crippen LogP contribution in [0.2, 0.25) is 0 Å². The first-order valence-electron chi connectivity index (χ1n) is 13.1. The fourth-order valence-electron chi connectivity index (χ4n) is 5.40. The molecule has 0 spiro atoms. The maximum atomic E-state index is 6.54. The van der Waals surface area contributed by atoms with Crippen molar-refractivity contribution in [1.82, 2.24) is 14.7 Å². The summed E-state index contributed by atoms with van der Waals surface area (Å²) in [6, 6.07) is 0.